The molecule has 4 aliphatic carbocycles. The highest BCUT2D eigenvalue weighted by Gasteiger charge is 2.78. The first-order chi connectivity index (χ1) is 22.7. The van der Waals surface area contributed by atoms with Crippen molar-refractivity contribution in [2.45, 2.75) is 78.3 Å². The van der Waals surface area contributed by atoms with Crippen LogP contribution in [0.1, 0.15) is 50.4 Å². The SMILES string of the molecule is CSc1cccc(Sc2ccc(C(=O)OC3(C(=O)OCC#N)[C@H](C)C[C@H]4[C@@H]5C[C@H](F)C6=CC(=O)C=C[C@]6(C)C5(F)[C@@H](O)C[C@@]43C)cc2)c1. The number of hydrogen-bond acceptors (Lipinski definition) is 9. The van der Waals surface area contributed by atoms with E-state index in [2.05, 4.69) is 6.07 Å². The number of esters is 2. The summed E-state index contributed by atoms with van der Waals surface area (Å²) in [6.45, 7) is 4.25. The normalized spacial score (nSPS) is 36.6. The third-order valence-corrected chi connectivity index (χ3v) is 13.1. The number of thioether (sulfide) groups is 1. The van der Waals surface area contributed by atoms with Crippen molar-refractivity contribution in [1.82, 2.24) is 0 Å². The lowest BCUT2D eigenvalue weighted by Crippen LogP contribution is -2.71. The molecule has 0 bridgehead atoms. The van der Waals surface area contributed by atoms with Gasteiger partial charge in [0.15, 0.2) is 18.1 Å². The van der Waals surface area contributed by atoms with Gasteiger partial charge in [0, 0.05) is 37.4 Å². The number of nitrogens with zero attached hydrogens (tertiary/aromatic N) is 1. The van der Waals surface area contributed by atoms with Gasteiger partial charge in [-0.15, -0.1) is 11.8 Å². The maximum Gasteiger partial charge on any atom is 0.352 e. The summed E-state index contributed by atoms with van der Waals surface area (Å²) in [5, 5.41) is 21.0. The Bertz CT molecular complexity index is 1760. The van der Waals surface area contributed by atoms with Crippen molar-refractivity contribution >= 4 is 41.2 Å². The van der Waals surface area contributed by atoms with E-state index in [1.54, 1.807) is 55.9 Å². The van der Waals surface area contributed by atoms with E-state index in [1.807, 2.05) is 24.5 Å². The zero-order valence-corrected chi connectivity index (χ0v) is 28.7. The van der Waals surface area contributed by atoms with Crippen LogP contribution < -0.4 is 0 Å². The Morgan fingerprint density at radius 2 is 1.79 bits per heavy atom. The summed E-state index contributed by atoms with van der Waals surface area (Å²) in [6.07, 6.45) is 1.84. The number of ether oxygens (including phenoxy) is 2. The number of allylic oxidation sites excluding steroid dienone is 4. The molecule has 4 aliphatic rings. The standard InChI is InChI=1S/C37H37F2NO6S2/c1-21-16-27-28-19-30(38)29-17-23(41)12-13-34(29,2)36(28,39)31(42)20-35(27,3)37(21,33(44)45-15-14-40)46-32(43)22-8-10-24(11-9-22)48-26-7-5-6-25(18-26)47-4/h5-13,17-18,21,27-28,30-31,42H,15-16,19-20H2,1-4H3/t21-,27+,28+,30+,31+,34+,35+,36?,37?/m1/s1. The molecule has 252 valence electrons. The van der Waals surface area contributed by atoms with Crippen molar-refractivity contribution in [3.8, 4) is 6.07 Å². The maximum atomic E-state index is 17.7. The minimum Gasteiger partial charge on any atom is -0.447 e. The molecule has 9 atom stereocenters. The summed E-state index contributed by atoms with van der Waals surface area (Å²) >= 11 is 3.16. The minimum atomic E-state index is -2.37. The molecule has 0 amide bonds. The number of halogens is 2. The van der Waals surface area contributed by atoms with Gasteiger partial charge in [-0.3, -0.25) is 4.79 Å². The highest BCUT2D eigenvalue weighted by Crippen LogP contribution is 2.71. The Morgan fingerprint density at radius 1 is 1.08 bits per heavy atom. The lowest BCUT2D eigenvalue weighted by Gasteiger charge is -2.63. The van der Waals surface area contributed by atoms with Gasteiger partial charge in [-0.05, 0) is 98.5 Å². The first kappa shape index (κ1) is 34.4. The van der Waals surface area contributed by atoms with E-state index in [0.29, 0.717) is 0 Å². The lowest BCUT2D eigenvalue weighted by molar-refractivity contribution is -0.230. The van der Waals surface area contributed by atoms with Crippen molar-refractivity contribution in [2.75, 3.05) is 12.9 Å². The summed E-state index contributed by atoms with van der Waals surface area (Å²) in [4.78, 5) is 43.2. The van der Waals surface area contributed by atoms with Gasteiger partial charge in [0.1, 0.15) is 12.2 Å². The van der Waals surface area contributed by atoms with E-state index >= 15 is 8.78 Å². The van der Waals surface area contributed by atoms with Crippen LogP contribution in [-0.2, 0) is 19.1 Å². The zero-order chi connectivity index (χ0) is 34.6. The van der Waals surface area contributed by atoms with Crippen molar-refractivity contribution < 1.29 is 37.7 Å². The molecule has 0 radical (unpaired) electrons. The van der Waals surface area contributed by atoms with E-state index in [1.165, 1.54) is 30.8 Å². The smallest absolute Gasteiger partial charge is 0.352 e. The largest absolute Gasteiger partial charge is 0.447 e. The zero-order valence-electron chi connectivity index (χ0n) is 27.1. The van der Waals surface area contributed by atoms with Gasteiger partial charge in [-0.25, -0.2) is 18.4 Å². The molecule has 48 heavy (non-hydrogen) atoms. The molecule has 2 aromatic rings. The van der Waals surface area contributed by atoms with Gasteiger partial charge < -0.3 is 14.6 Å². The minimum absolute atomic E-state index is 0.00728. The lowest BCUT2D eigenvalue weighted by atomic mass is 9.44. The van der Waals surface area contributed by atoms with Crippen molar-refractivity contribution in [2.24, 2.45) is 28.6 Å². The predicted octanol–water partition coefficient (Wildman–Crippen LogP) is 7.09. The number of benzene rings is 2. The maximum absolute atomic E-state index is 17.7. The van der Waals surface area contributed by atoms with Gasteiger partial charge in [0.25, 0.3) is 0 Å². The first-order valence-electron chi connectivity index (χ1n) is 15.9. The second kappa shape index (κ2) is 12.5. The fourth-order valence-electron chi connectivity index (χ4n) is 9.09. The second-order valence-electron chi connectivity index (χ2n) is 13.7. The van der Waals surface area contributed by atoms with Gasteiger partial charge in [0.05, 0.1) is 11.7 Å². The number of carbonyl (C=O) groups is 3. The summed E-state index contributed by atoms with van der Waals surface area (Å²) in [7, 11) is 0. The van der Waals surface area contributed by atoms with Gasteiger partial charge in [0.2, 0.25) is 5.60 Å². The Labute approximate surface area is 287 Å². The molecule has 1 N–H and O–H groups in total. The van der Waals surface area contributed by atoms with E-state index in [0.717, 1.165) is 20.8 Å². The first-order valence-corrected chi connectivity index (χ1v) is 17.9. The van der Waals surface area contributed by atoms with E-state index in [-0.39, 0.29) is 30.4 Å². The molecule has 0 saturated heterocycles. The summed E-state index contributed by atoms with van der Waals surface area (Å²) in [5.41, 5.74) is -7.22. The quantitative estimate of drug-likeness (QED) is 0.240. The van der Waals surface area contributed by atoms with E-state index in [9.17, 15) is 24.8 Å². The summed E-state index contributed by atoms with van der Waals surface area (Å²) < 4.78 is 45.2. The fourth-order valence-corrected chi connectivity index (χ4v) is 10.5. The second-order valence-corrected chi connectivity index (χ2v) is 15.7. The number of carbonyl (C=O) groups excluding carboxylic acids is 3. The van der Waals surface area contributed by atoms with Crippen LogP contribution in [0.4, 0.5) is 8.78 Å². The van der Waals surface area contributed by atoms with Crippen molar-refractivity contribution in [3.63, 3.8) is 0 Å². The van der Waals surface area contributed by atoms with Crippen LogP contribution in [0.25, 0.3) is 0 Å². The van der Waals surface area contributed by atoms with Gasteiger partial charge in [-0.1, -0.05) is 37.8 Å². The van der Waals surface area contributed by atoms with Crippen molar-refractivity contribution in [1.29, 1.82) is 5.26 Å². The summed E-state index contributed by atoms with van der Waals surface area (Å²) in [5.74, 6) is -4.77. The fraction of sp³-hybridized carbons (Fsp3) is 0.459. The number of alkyl halides is 2. The molecule has 11 heteroatoms. The number of aliphatic hydroxyl groups excluding tert-OH is 1. The monoisotopic (exact) mass is 693 g/mol. The molecule has 2 unspecified atom stereocenters. The van der Waals surface area contributed by atoms with Crippen molar-refractivity contribution in [3.05, 3.63) is 77.9 Å². The number of fused-ring (bicyclic) bond motifs is 5. The molecule has 0 spiro atoms. The Kier molecular flexibility index (Phi) is 8.93. The number of aliphatic hydroxyl groups is 1. The Morgan fingerprint density at radius 3 is 2.48 bits per heavy atom. The van der Waals surface area contributed by atoms with Crippen LogP contribution in [0.5, 0.6) is 0 Å². The van der Waals surface area contributed by atoms with Crippen LogP contribution in [0.2, 0.25) is 0 Å². The molecule has 0 heterocycles. The van der Waals surface area contributed by atoms with Gasteiger partial charge in [-0.2, -0.15) is 5.26 Å². The third-order valence-electron chi connectivity index (χ3n) is 11.4. The van der Waals surface area contributed by atoms with Crippen LogP contribution in [0.15, 0.2) is 87.0 Å². The molecular weight excluding hydrogens is 657 g/mol. The van der Waals surface area contributed by atoms with Crippen LogP contribution in [0, 0.1) is 39.9 Å². The third kappa shape index (κ3) is 5.05. The summed E-state index contributed by atoms with van der Waals surface area (Å²) in [6, 6.07) is 16.6. The molecule has 2 aromatic carbocycles. The van der Waals surface area contributed by atoms with E-state index in [4.69, 9.17) is 9.47 Å². The highest BCUT2D eigenvalue weighted by atomic mass is 32.2. The predicted molar refractivity (Wildman–Crippen MR) is 177 cm³/mol. The number of ketones is 1. The molecule has 3 saturated carbocycles. The Hall–Kier alpha value is -3.46. The molecule has 3 fully saturated rings. The molecule has 6 rings (SSSR count). The highest BCUT2D eigenvalue weighted by molar-refractivity contribution is 7.99. The topological polar surface area (TPSA) is 114 Å². The van der Waals surface area contributed by atoms with Crippen LogP contribution in [0.3, 0.4) is 0 Å². The Balaban J connectivity index is 1.35. The number of hydrogen-bond donors (Lipinski definition) is 1. The molecule has 0 aliphatic heterocycles. The van der Waals surface area contributed by atoms with Gasteiger partial charge >= 0.3 is 11.9 Å². The van der Waals surface area contributed by atoms with E-state index < -0.39 is 76.5 Å². The number of rotatable bonds is 7. The molecule has 7 nitrogen and oxygen atoms in total. The molecular formula is C37H37F2NO6S2. The van der Waals surface area contributed by atoms with Crippen LogP contribution in [-0.4, -0.2) is 59.2 Å². The average Bonchev–Trinajstić information content (AvgIpc) is 3.28. The number of nitriles is 1. The van der Waals surface area contributed by atoms with Crippen LogP contribution >= 0.6 is 23.5 Å². The average molecular weight is 694 g/mol. The molecule has 0 aromatic heterocycles.